The van der Waals surface area contributed by atoms with Gasteiger partial charge in [0.15, 0.2) is 0 Å². The van der Waals surface area contributed by atoms with E-state index >= 15 is 0 Å². The number of nitrogens with zero attached hydrogens (tertiary/aromatic N) is 4. The van der Waals surface area contributed by atoms with Crippen molar-refractivity contribution in [2.45, 2.75) is 25.9 Å². The van der Waals surface area contributed by atoms with E-state index in [9.17, 15) is 4.39 Å². The molecule has 2 aromatic heterocycles. The van der Waals surface area contributed by atoms with Gasteiger partial charge in [-0.1, -0.05) is 15.9 Å². The van der Waals surface area contributed by atoms with Crippen molar-refractivity contribution < 1.29 is 4.39 Å². The zero-order valence-corrected chi connectivity index (χ0v) is 15.1. The number of hydrogen-bond donors (Lipinski definition) is 0. The molecule has 0 saturated carbocycles. The summed E-state index contributed by atoms with van der Waals surface area (Å²) in [6.45, 7) is 2.53. The zero-order chi connectivity index (χ0) is 16.8. The van der Waals surface area contributed by atoms with Crippen molar-refractivity contribution in [3.63, 3.8) is 0 Å². The Morgan fingerprint density at radius 2 is 2.12 bits per heavy atom. The molecule has 1 aromatic carbocycles. The van der Waals surface area contributed by atoms with Gasteiger partial charge >= 0.3 is 0 Å². The SMILES string of the molecule is C[C@H]1Cc2cncc(F)c2CN1c1nc(Cl)nc2cc(Br)ccc12. The van der Waals surface area contributed by atoms with Gasteiger partial charge in [-0.25, -0.2) is 9.37 Å². The van der Waals surface area contributed by atoms with Gasteiger partial charge < -0.3 is 4.90 Å². The Balaban J connectivity index is 1.87. The first-order chi connectivity index (χ1) is 11.5. The summed E-state index contributed by atoms with van der Waals surface area (Å²) in [5.74, 6) is 0.448. The van der Waals surface area contributed by atoms with E-state index in [1.807, 2.05) is 18.2 Å². The van der Waals surface area contributed by atoms with E-state index < -0.39 is 0 Å². The molecule has 0 saturated heterocycles. The van der Waals surface area contributed by atoms with E-state index in [0.717, 1.165) is 26.8 Å². The molecule has 0 N–H and O–H groups in total. The molecular weight excluding hydrogens is 395 g/mol. The van der Waals surface area contributed by atoms with Crippen LogP contribution in [0.15, 0.2) is 35.1 Å². The van der Waals surface area contributed by atoms with Gasteiger partial charge in [-0.3, -0.25) is 4.98 Å². The van der Waals surface area contributed by atoms with Gasteiger partial charge in [0.2, 0.25) is 5.28 Å². The summed E-state index contributed by atoms with van der Waals surface area (Å²) in [4.78, 5) is 14.8. The quantitative estimate of drug-likeness (QED) is 0.556. The molecule has 3 aromatic rings. The Hall–Kier alpha value is -1.79. The highest BCUT2D eigenvalue weighted by molar-refractivity contribution is 9.10. The fraction of sp³-hybridized carbons (Fsp3) is 0.235. The fourth-order valence-electron chi connectivity index (χ4n) is 3.17. The van der Waals surface area contributed by atoms with Crippen LogP contribution in [0.1, 0.15) is 18.1 Å². The van der Waals surface area contributed by atoms with Crippen LogP contribution in [0.5, 0.6) is 0 Å². The monoisotopic (exact) mass is 406 g/mol. The predicted octanol–water partition coefficient (Wildman–Crippen LogP) is 4.53. The first-order valence-electron chi connectivity index (χ1n) is 7.53. The van der Waals surface area contributed by atoms with E-state index in [2.05, 4.69) is 42.7 Å². The highest BCUT2D eigenvalue weighted by atomic mass is 79.9. The lowest BCUT2D eigenvalue weighted by Crippen LogP contribution is -2.39. The molecule has 4 nitrogen and oxygen atoms in total. The normalized spacial score (nSPS) is 17.2. The minimum Gasteiger partial charge on any atom is -0.348 e. The molecule has 122 valence electrons. The average molecular weight is 408 g/mol. The Morgan fingerprint density at radius 3 is 2.96 bits per heavy atom. The minimum atomic E-state index is -0.281. The van der Waals surface area contributed by atoms with Crippen molar-refractivity contribution in [1.82, 2.24) is 15.0 Å². The van der Waals surface area contributed by atoms with E-state index in [1.54, 1.807) is 6.20 Å². The number of benzene rings is 1. The van der Waals surface area contributed by atoms with Crippen molar-refractivity contribution in [3.05, 3.63) is 57.3 Å². The largest absolute Gasteiger partial charge is 0.348 e. The first kappa shape index (κ1) is 15.7. The molecule has 1 aliphatic heterocycles. The number of aromatic nitrogens is 3. The van der Waals surface area contributed by atoms with Crippen LogP contribution in [0, 0.1) is 5.82 Å². The third-order valence-corrected chi connectivity index (χ3v) is 5.02. The zero-order valence-electron chi connectivity index (χ0n) is 12.8. The Morgan fingerprint density at radius 1 is 1.29 bits per heavy atom. The Labute approximate surface area is 151 Å². The molecule has 7 heteroatoms. The number of halogens is 3. The second kappa shape index (κ2) is 5.93. The molecule has 0 amide bonds. The lowest BCUT2D eigenvalue weighted by molar-refractivity contribution is 0.539. The molecular formula is C17H13BrClFN4. The molecule has 1 atom stereocenters. The van der Waals surface area contributed by atoms with Gasteiger partial charge in [0.05, 0.1) is 11.7 Å². The average Bonchev–Trinajstić information content (AvgIpc) is 2.53. The van der Waals surface area contributed by atoms with E-state index in [-0.39, 0.29) is 17.1 Å². The molecule has 0 unspecified atom stereocenters. The lowest BCUT2D eigenvalue weighted by atomic mass is 9.96. The van der Waals surface area contributed by atoms with Crippen LogP contribution in [0.25, 0.3) is 10.9 Å². The molecule has 0 spiro atoms. The van der Waals surface area contributed by atoms with Crippen LogP contribution >= 0.6 is 27.5 Å². The van der Waals surface area contributed by atoms with Crippen molar-refractivity contribution >= 4 is 44.3 Å². The standard InChI is InChI=1S/C17H13BrClFN4/c1-9-4-10-6-21-7-14(20)13(10)8-24(9)16-12-3-2-11(18)5-15(12)22-17(19)23-16/h2-3,5-7,9H,4,8H2,1H3/t9-/m0/s1. The second-order valence-corrected chi connectivity index (χ2v) is 7.17. The van der Waals surface area contributed by atoms with Crippen molar-refractivity contribution in [2.24, 2.45) is 0 Å². The number of fused-ring (bicyclic) bond motifs is 2. The number of rotatable bonds is 1. The number of pyridine rings is 1. The van der Waals surface area contributed by atoms with E-state index in [1.165, 1.54) is 6.20 Å². The van der Waals surface area contributed by atoms with Crippen LogP contribution < -0.4 is 4.90 Å². The minimum absolute atomic E-state index is 0.152. The van der Waals surface area contributed by atoms with Crippen LogP contribution in [0.3, 0.4) is 0 Å². The van der Waals surface area contributed by atoms with Gasteiger partial charge in [-0.05, 0) is 48.7 Å². The van der Waals surface area contributed by atoms with Crippen molar-refractivity contribution in [1.29, 1.82) is 0 Å². The highest BCUT2D eigenvalue weighted by Gasteiger charge is 2.28. The third kappa shape index (κ3) is 2.63. The maximum absolute atomic E-state index is 14.2. The van der Waals surface area contributed by atoms with Crippen LogP contribution in [-0.2, 0) is 13.0 Å². The summed E-state index contributed by atoms with van der Waals surface area (Å²) < 4.78 is 15.1. The van der Waals surface area contributed by atoms with Gasteiger partial charge in [0.1, 0.15) is 11.6 Å². The smallest absolute Gasteiger partial charge is 0.224 e. The van der Waals surface area contributed by atoms with Crippen molar-refractivity contribution in [2.75, 3.05) is 4.90 Å². The maximum atomic E-state index is 14.2. The molecule has 1 aliphatic rings. The summed E-state index contributed by atoms with van der Waals surface area (Å²) in [6.07, 6.45) is 3.71. The number of anilines is 1. The molecule has 0 radical (unpaired) electrons. The molecule has 0 bridgehead atoms. The van der Waals surface area contributed by atoms with Crippen LogP contribution in [-0.4, -0.2) is 21.0 Å². The van der Waals surface area contributed by atoms with Crippen LogP contribution in [0.4, 0.5) is 10.2 Å². The van der Waals surface area contributed by atoms with E-state index in [0.29, 0.717) is 18.5 Å². The topological polar surface area (TPSA) is 41.9 Å². The van der Waals surface area contributed by atoms with Gasteiger partial charge in [-0.2, -0.15) is 4.98 Å². The highest BCUT2D eigenvalue weighted by Crippen LogP contribution is 2.33. The van der Waals surface area contributed by atoms with Crippen LogP contribution in [0.2, 0.25) is 5.28 Å². The summed E-state index contributed by atoms with van der Waals surface area (Å²) in [6, 6.07) is 5.95. The molecule has 24 heavy (non-hydrogen) atoms. The number of hydrogen-bond acceptors (Lipinski definition) is 4. The van der Waals surface area contributed by atoms with Gasteiger partial charge in [-0.15, -0.1) is 0 Å². The molecule has 0 aliphatic carbocycles. The summed E-state index contributed by atoms with van der Waals surface area (Å²) in [7, 11) is 0. The summed E-state index contributed by atoms with van der Waals surface area (Å²) >= 11 is 9.57. The Bertz CT molecular complexity index is 944. The summed E-state index contributed by atoms with van der Waals surface area (Å²) in [5, 5.41) is 1.08. The molecule has 4 rings (SSSR count). The lowest BCUT2D eigenvalue weighted by Gasteiger charge is -2.36. The van der Waals surface area contributed by atoms with Gasteiger partial charge in [0.25, 0.3) is 0 Å². The predicted molar refractivity (Wildman–Crippen MR) is 95.8 cm³/mol. The molecule has 3 heterocycles. The summed E-state index contributed by atoms with van der Waals surface area (Å²) in [5.41, 5.74) is 2.38. The molecule has 0 fully saturated rings. The van der Waals surface area contributed by atoms with E-state index in [4.69, 9.17) is 11.6 Å². The van der Waals surface area contributed by atoms with Crippen molar-refractivity contribution in [3.8, 4) is 0 Å². The maximum Gasteiger partial charge on any atom is 0.224 e. The second-order valence-electron chi connectivity index (χ2n) is 5.92. The third-order valence-electron chi connectivity index (χ3n) is 4.35. The fourth-order valence-corrected chi connectivity index (χ4v) is 3.69. The first-order valence-corrected chi connectivity index (χ1v) is 8.70. The van der Waals surface area contributed by atoms with Gasteiger partial charge in [0, 0.05) is 34.2 Å². The Kier molecular flexibility index (Phi) is 3.89.